The van der Waals surface area contributed by atoms with Crippen molar-refractivity contribution in [2.24, 2.45) is 56.7 Å². The first-order valence-corrected chi connectivity index (χ1v) is 23.1. The Bertz CT molecular complexity index is 1620. The standard InChI is InChI=1S/C45H72N2O4S/c1-30(2)33-14-23-45(46-26-29-47-27-17-32(18-28-47)52(9,50)51)25-24-43(7)35(38(33)45)10-11-37-42(6)21-15-34(31-12-19-41(5,20-13-31)39(48)49)40(3,4)36(42)16-22-44(37,43)8/h12,15,32-33,35-38,46H,1,10-11,13-14,16-29H2,2-9H3,(H,48,49)/t33-,35+,36-,37+,38+,41?,42-,43+,44+,45-/m0/s1. The number of hydrogen-bond donors (Lipinski definition) is 2. The Kier molecular flexibility index (Phi) is 9.76. The molecule has 292 valence electrons. The van der Waals surface area contributed by atoms with E-state index in [9.17, 15) is 18.3 Å². The maximum atomic E-state index is 12.1. The van der Waals surface area contributed by atoms with E-state index in [1.807, 2.05) is 6.92 Å². The van der Waals surface area contributed by atoms with E-state index in [0.29, 0.717) is 46.8 Å². The summed E-state index contributed by atoms with van der Waals surface area (Å²) in [5.41, 5.74) is 4.82. The molecule has 1 saturated heterocycles. The van der Waals surface area contributed by atoms with E-state index in [2.05, 4.69) is 70.5 Å². The number of piperidine rings is 1. The SMILES string of the molecule is C=C(C)[C@@H]1CC[C@]2(NCCN3CCC(S(C)(=O)=O)CC3)CC[C@]3(C)[C@H](CC[C@@H]4[C@@]5(C)CC=C(C6=CCC(C)(C(=O)O)CC6)C(C)(C)[C@@H]5CC[C@]43C)[C@@H]12. The van der Waals surface area contributed by atoms with Crippen molar-refractivity contribution in [3.63, 3.8) is 0 Å². The van der Waals surface area contributed by atoms with Crippen LogP contribution in [0.25, 0.3) is 0 Å². The number of carboxylic acids is 1. The number of sulfone groups is 1. The molecule has 1 aliphatic heterocycles. The molecule has 0 amide bonds. The number of rotatable bonds is 8. The lowest BCUT2D eigenvalue weighted by molar-refractivity contribution is -0.221. The fourth-order valence-corrected chi connectivity index (χ4v) is 16.1. The topological polar surface area (TPSA) is 86.7 Å². The zero-order chi connectivity index (χ0) is 37.7. The Hall–Kier alpha value is -1.44. The summed E-state index contributed by atoms with van der Waals surface area (Å²) in [4.78, 5) is 14.5. The van der Waals surface area contributed by atoms with Gasteiger partial charge in [0.2, 0.25) is 0 Å². The summed E-state index contributed by atoms with van der Waals surface area (Å²) < 4.78 is 24.3. The monoisotopic (exact) mass is 737 g/mol. The van der Waals surface area contributed by atoms with Crippen molar-refractivity contribution in [1.29, 1.82) is 0 Å². The highest BCUT2D eigenvalue weighted by molar-refractivity contribution is 7.91. The molecular formula is C45H72N2O4S. The molecule has 2 N–H and O–H groups in total. The molecule has 7 rings (SSSR count). The van der Waals surface area contributed by atoms with Crippen molar-refractivity contribution in [2.45, 2.75) is 149 Å². The van der Waals surface area contributed by atoms with Crippen molar-refractivity contribution in [1.82, 2.24) is 10.2 Å². The molecule has 0 aromatic rings. The maximum absolute atomic E-state index is 12.1. The van der Waals surface area contributed by atoms with Gasteiger partial charge in [-0.3, -0.25) is 4.79 Å². The van der Waals surface area contributed by atoms with Crippen molar-refractivity contribution in [3.05, 3.63) is 35.5 Å². The maximum Gasteiger partial charge on any atom is 0.309 e. The summed E-state index contributed by atoms with van der Waals surface area (Å²) in [5, 5.41) is 14.0. The van der Waals surface area contributed by atoms with E-state index in [4.69, 9.17) is 0 Å². The number of carboxylic acid groups (broad SMARTS) is 1. The Morgan fingerprint density at radius 1 is 0.885 bits per heavy atom. The van der Waals surface area contributed by atoms with E-state index >= 15 is 0 Å². The van der Waals surface area contributed by atoms with E-state index in [0.717, 1.165) is 58.3 Å². The number of fused-ring (bicyclic) bond motifs is 7. The van der Waals surface area contributed by atoms with E-state index in [1.165, 1.54) is 74.3 Å². The summed E-state index contributed by atoms with van der Waals surface area (Å²) in [6, 6.07) is 0. The van der Waals surface area contributed by atoms with Gasteiger partial charge in [0.25, 0.3) is 0 Å². The zero-order valence-electron chi connectivity index (χ0n) is 34.1. The van der Waals surface area contributed by atoms with Gasteiger partial charge in [-0.15, -0.1) is 0 Å². The van der Waals surface area contributed by atoms with E-state index in [-0.39, 0.29) is 21.6 Å². The van der Waals surface area contributed by atoms with E-state index in [1.54, 1.807) is 0 Å². The summed E-state index contributed by atoms with van der Waals surface area (Å²) in [7, 11) is -2.95. The molecule has 0 bridgehead atoms. The largest absolute Gasteiger partial charge is 0.481 e. The summed E-state index contributed by atoms with van der Waals surface area (Å²) in [6.45, 7) is 25.8. The van der Waals surface area contributed by atoms with Gasteiger partial charge >= 0.3 is 5.97 Å². The van der Waals surface area contributed by atoms with Crippen molar-refractivity contribution in [3.8, 4) is 0 Å². The molecule has 5 fully saturated rings. The minimum absolute atomic E-state index is 0.0804. The van der Waals surface area contributed by atoms with Gasteiger partial charge in [-0.25, -0.2) is 8.42 Å². The molecular weight excluding hydrogens is 665 g/mol. The number of allylic oxidation sites excluding steroid dienone is 5. The molecule has 0 aromatic carbocycles. The van der Waals surface area contributed by atoms with Crippen molar-refractivity contribution in [2.75, 3.05) is 32.4 Å². The van der Waals surface area contributed by atoms with Gasteiger partial charge in [-0.1, -0.05) is 58.9 Å². The van der Waals surface area contributed by atoms with Crippen LogP contribution >= 0.6 is 0 Å². The molecule has 7 aliphatic rings. The third-order valence-corrected chi connectivity index (χ3v) is 20.0. The predicted molar refractivity (Wildman–Crippen MR) is 213 cm³/mol. The van der Waals surface area contributed by atoms with Crippen molar-refractivity contribution >= 4 is 15.8 Å². The van der Waals surface area contributed by atoms with Gasteiger partial charge in [-0.05, 0) is 179 Å². The molecule has 0 aromatic heterocycles. The second-order valence-electron chi connectivity index (χ2n) is 21.0. The van der Waals surface area contributed by atoms with Crippen LogP contribution < -0.4 is 5.32 Å². The lowest BCUT2D eigenvalue weighted by Crippen LogP contribution is -2.68. The molecule has 1 heterocycles. The summed E-state index contributed by atoms with van der Waals surface area (Å²) >= 11 is 0. The van der Waals surface area contributed by atoms with Crippen LogP contribution in [-0.4, -0.2) is 67.6 Å². The van der Waals surface area contributed by atoms with Crippen LogP contribution in [0.4, 0.5) is 0 Å². The first kappa shape index (κ1) is 38.8. The van der Waals surface area contributed by atoms with Crippen LogP contribution in [-0.2, 0) is 14.6 Å². The minimum atomic E-state index is -2.95. The zero-order valence-corrected chi connectivity index (χ0v) is 34.9. The third-order valence-electron chi connectivity index (χ3n) is 18.3. The average Bonchev–Trinajstić information content (AvgIpc) is 3.45. The third kappa shape index (κ3) is 5.89. The first-order chi connectivity index (χ1) is 24.2. The molecule has 10 atom stereocenters. The second-order valence-corrected chi connectivity index (χ2v) is 23.3. The molecule has 6 aliphatic carbocycles. The van der Waals surface area contributed by atoms with Crippen molar-refractivity contribution < 1.29 is 18.3 Å². The van der Waals surface area contributed by atoms with Crippen LogP contribution in [0.1, 0.15) is 138 Å². The Balaban J connectivity index is 1.11. The lowest BCUT2D eigenvalue weighted by Gasteiger charge is -2.72. The van der Waals surface area contributed by atoms with Gasteiger partial charge in [0.1, 0.15) is 9.84 Å². The molecule has 7 heteroatoms. The Morgan fingerprint density at radius 2 is 1.60 bits per heavy atom. The van der Waals surface area contributed by atoms with Crippen LogP contribution in [0.3, 0.4) is 0 Å². The van der Waals surface area contributed by atoms with Crippen LogP contribution in [0.5, 0.6) is 0 Å². The lowest BCUT2D eigenvalue weighted by atomic mass is 9.33. The number of aliphatic carboxylic acids is 1. The molecule has 4 saturated carbocycles. The Labute approximate surface area is 317 Å². The molecule has 1 unspecified atom stereocenters. The van der Waals surface area contributed by atoms with Crippen LogP contribution in [0.15, 0.2) is 35.5 Å². The van der Waals surface area contributed by atoms with Gasteiger partial charge in [-0.2, -0.15) is 0 Å². The molecule has 52 heavy (non-hydrogen) atoms. The van der Waals surface area contributed by atoms with Crippen LogP contribution in [0.2, 0.25) is 0 Å². The van der Waals surface area contributed by atoms with E-state index < -0.39 is 21.2 Å². The second kappa shape index (κ2) is 13.1. The highest BCUT2D eigenvalue weighted by Crippen LogP contribution is 2.76. The molecule has 0 spiro atoms. The normalized spacial score (nSPS) is 45.1. The summed E-state index contributed by atoms with van der Waals surface area (Å²) in [6.07, 6.45) is 21.6. The highest BCUT2D eigenvalue weighted by Gasteiger charge is 2.70. The fourth-order valence-electron chi connectivity index (χ4n) is 15.0. The number of hydrogen-bond acceptors (Lipinski definition) is 5. The molecule has 0 radical (unpaired) electrons. The highest BCUT2D eigenvalue weighted by atomic mass is 32.2. The number of likely N-dealkylation sites (tertiary alicyclic amines) is 1. The van der Waals surface area contributed by atoms with Gasteiger partial charge < -0.3 is 15.3 Å². The predicted octanol–water partition coefficient (Wildman–Crippen LogP) is 9.23. The number of nitrogens with one attached hydrogen (secondary N) is 1. The minimum Gasteiger partial charge on any atom is -0.481 e. The number of carbonyl (C=O) groups is 1. The smallest absolute Gasteiger partial charge is 0.309 e. The Morgan fingerprint density at radius 3 is 2.21 bits per heavy atom. The fraction of sp³-hybridized carbons (Fsp3) is 0.844. The van der Waals surface area contributed by atoms with Gasteiger partial charge in [0.15, 0.2) is 0 Å². The van der Waals surface area contributed by atoms with Gasteiger partial charge in [0, 0.05) is 24.9 Å². The quantitative estimate of drug-likeness (QED) is 0.242. The molecule has 6 nitrogen and oxygen atoms in total. The number of nitrogens with zero attached hydrogens (tertiary/aromatic N) is 1. The summed E-state index contributed by atoms with van der Waals surface area (Å²) in [5.74, 6) is 2.59. The average molecular weight is 737 g/mol. The van der Waals surface area contributed by atoms with Crippen LogP contribution in [0, 0.1) is 56.7 Å². The first-order valence-electron chi connectivity index (χ1n) is 21.2. The van der Waals surface area contributed by atoms with Gasteiger partial charge in [0.05, 0.1) is 10.7 Å².